The summed E-state index contributed by atoms with van der Waals surface area (Å²) in [5.74, 6) is 0.763. The van der Waals surface area contributed by atoms with Crippen molar-refractivity contribution in [2.24, 2.45) is 0 Å². The molecule has 1 aliphatic heterocycles. The van der Waals surface area contributed by atoms with E-state index >= 15 is 0 Å². The van der Waals surface area contributed by atoms with Crippen LogP contribution in [0.5, 0.6) is 0 Å². The fourth-order valence-electron chi connectivity index (χ4n) is 6.33. The predicted octanol–water partition coefficient (Wildman–Crippen LogP) is 5.12. The SMILES string of the molecule is Cc1cc(C)c2cc([C@@H](c3nnnn3C3CCCC3)N3CCN(c4cc(Cl)ccc4C)CC3)c(=O)[nH]c2c1. The molecule has 4 aromatic rings. The Hall–Kier alpha value is -3.23. The standard InChI is InChI=1S/C29H34ClN7O/c1-18-14-20(3)23-17-24(29(38)31-25(23)15-18)27(28-32-33-34-37(28)22-6-4-5-7-22)36-12-10-35(11-13-36)26-16-21(30)9-8-19(26)2/h8-9,14-17,22,27H,4-7,10-13H2,1-3H3,(H,31,38)/t27-/m0/s1. The van der Waals surface area contributed by atoms with E-state index in [0.29, 0.717) is 5.56 Å². The first kappa shape index (κ1) is 25.1. The Morgan fingerprint density at radius 3 is 2.50 bits per heavy atom. The summed E-state index contributed by atoms with van der Waals surface area (Å²) >= 11 is 6.33. The molecule has 1 N–H and O–H groups in total. The molecule has 0 spiro atoms. The number of hydrogen-bond donors (Lipinski definition) is 1. The van der Waals surface area contributed by atoms with E-state index < -0.39 is 0 Å². The molecule has 1 saturated carbocycles. The van der Waals surface area contributed by atoms with Gasteiger partial charge in [0.15, 0.2) is 5.82 Å². The van der Waals surface area contributed by atoms with Crippen LogP contribution in [0.3, 0.4) is 0 Å². The van der Waals surface area contributed by atoms with Crippen molar-refractivity contribution >= 4 is 28.2 Å². The zero-order valence-electron chi connectivity index (χ0n) is 22.2. The Balaban J connectivity index is 1.41. The number of tetrazole rings is 1. The van der Waals surface area contributed by atoms with Gasteiger partial charge in [-0.15, -0.1) is 5.10 Å². The molecule has 9 heteroatoms. The first-order chi connectivity index (χ1) is 18.4. The number of benzene rings is 2. The third kappa shape index (κ3) is 4.60. The van der Waals surface area contributed by atoms with Gasteiger partial charge in [-0.25, -0.2) is 4.68 Å². The highest BCUT2D eigenvalue weighted by atomic mass is 35.5. The van der Waals surface area contributed by atoms with E-state index in [4.69, 9.17) is 11.6 Å². The van der Waals surface area contributed by atoms with E-state index in [1.165, 1.54) is 24.1 Å². The van der Waals surface area contributed by atoms with Crippen LogP contribution in [0, 0.1) is 20.8 Å². The predicted molar refractivity (Wildman–Crippen MR) is 151 cm³/mol. The summed E-state index contributed by atoms with van der Waals surface area (Å²) in [6.45, 7) is 9.48. The van der Waals surface area contributed by atoms with Crippen LogP contribution in [0.2, 0.25) is 5.02 Å². The van der Waals surface area contributed by atoms with Gasteiger partial charge in [0.05, 0.1) is 6.04 Å². The van der Waals surface area contributed by atoms with Crippen molar-refractivity contribution in [3.05, 3.63) is 79.9 Å². The highest BCUT2D eigenvalue weighted by Crippen LogP contribution is 2.35. The molecule has 0 unspecified atom stereocenters. The van der Waals surface area contributed by atoms with E-state index in [0.717, 1.165) is 71.9 Å². The first-order valence-electron chi connectivity index (χ1n) is 13.6. The molecule has 0 bridgehead atoms. The van der Waals surface area contributed by atoms with Crippen molar-refractivity contribution in [3.63, 3.8) is 0 Å². The van der Waals surface area contributed by atoms with Crippen LogP contribution in [0.25, 0.3) is 10.9 Å². The lowest BCUT2D eigenvalue weighted by molar-refractivity contribution is 0.197. The van der Waals surface area contributed by atoms with Crippen LogP contribution in [-0.2, 0) is 0 Å². The van der Waals surface area contributed by atoms with Gasteiger partial charge in [-0.05, 0) is 85.0 Å². The fraction of sp³-hybridized carbons (Fsp3) is 0.448. The Bertz CT molecular complexity index is 1530. The summed E-state index contributed by atoms with van der Waals surface area (Å²) in [6, 6.07) is 12.3. The monoisotopic (exact) mass is 531 g/mol. The third-order valence-corrected chi connectivity index (χ3v) is 8.50. The first-order valence-corrected chi connectivity index (χ1v) is 13.9. The summed E-state index contributed by atoms with van der Waals surface area (Å²) in [7, 11) is 0. The van der Waals surface area contributed by atoms with E-state index in [1.807, 2.05) is 22.9 Å². The largest absolute Gasteiger partial charge is 0.369 e. The summed E-state index contributed by atoms with van der Waals surface area (Å²) in [6.07, 6.45) is 4.50. The maximum atomic E-state index is 13.7. The number of rotatable bonds is 5. The average molecular weight is 532 g/mol. The van der Waals surface area contributed by atoms with Gasteiger partial charge in [-0.3, -0.25) is 9.69 Å². The molecule has 3 heterocycles. The molecule has 1 atom stereocenters. The van der Waals surface area contributed by atoms with Crippen molar-refractivity contribution in [1.29, 1.82) is 0 Å². The molecule has 2 aromatic carbocycles. The van der Waals surface area contributed by atoms with Gasteiger partial charge in [-0.1, -0.05) is 36.6 Å². The van der Waals surface area contributed by atoms with Crippen LogP contribution in [-0.4, -0.2) is 56.3 Å². The highest BCUT2D eigenvalue weighted by molar-refractivity contribution is 6.30. The number of aromatic amines is 1. The summed E-state index contributed by atoms with van der Waals surface area (Å²) in [5.41, 5.74) is 6.14. The van der Waals surface area contributed by atoms with Crippen molar-refractivity contribution < 1.29 is 0 Å². The van der Waals surface area contributed by atoms with Gasteiger partial charge in [0.2, 0.25) is 0 Å². The van der Waals surface area contributed by atoms with Gasteiger partial charge in [0.1, 0.15) is 6.04 Å². The second kappa shape index (κ2) is 10.2. The van der Waals surface area contributed by atoms with Crippen LogP contribution in [0.1, 0.15) is 65.8 Å². The second-order valence-electron chi connectivity index (χ2n) is 10.9. The minimum atomic E-state index is -0.331. The number of fused-ring (bicyclic) bond motifs is 1. The number of nitrogens with one attached hydrogen (secondary N) is 1. The number of aromatic nitrogens is 5. The highest BCUT2D eigenvalue weighted by Gasteiger charge is 2.35. The van der Waals surface area contributed by atoms with Crippen LogP contribution < -0.4 is 10.5 Å². The van der Waals surface area contributed by atoms with Crippen LogP contribution in [0.15, 0.2) is 41.2 Å². The molecule has 38 heavy (non-hydrogen) atoms. The van der Waals surface area contributed by atoms with Crippen LogP contribution >= 0.6 is 11.6 Å². The third-order valence-electron chi connectivity index (χ3n) is 8.26. The summed E-state index contributed by atoms with van der Waals surface area (Å²) in [5, 5.41) is 14.9. The smallest absolute Gasteiger partial charge is 0.253 e. The molecule has 2 fully saturated rings. The zero-order chi connectivity index (χ0) is 26.4. The van der Waals surface area contributed by atoms with Gasteiger partial charge >= 0.3 is 0 Å². The normalized spacial score (nSPS) is 17.9. The number of halogens is 1. The number of anilines is 1. The van der Waals surface area contributed by atoms with Gasteiger partial charge in [0.25, 0.3) is 5.56 Å². The Kier molecular flexibility index (Phi) is 6.70. The second-order valence-corrected chi connectivity index (χ2v) is 11.3. The Morgan fingerprint density at radius 1 is 0.974 bits per heavy atom. The van der Waals surface area contributed by atoms with Gasteiger partial charge < -0.3 is 9.88 Å². The molecule has 198 valence electrons. The molecular weight excluding hydrogens is 498 g/mol. The molecule has 2 aliphatic rings. The minimum Gasteiger partial charge on any atom is -0.369 e. The lowest BCUT2D eigenvalue weighted by Crippen LogP contribution is -2.49. The van der Waals surface area contributed by atoms with Crippen LogP contribution in [0.4, 0.5) is 5.69 Å². The number of nitrogens with zero attached hydrogens (tertiary/aromatic N) is 6. The van der Waals surface area contributed by atoms with E-state index in [2.05, 4.69) is 69.3 Å². The summed E-state index contributed by atoms with van der Waals surface area (Å²) < 4.78 is 2.00. The summed E-state index contributed by atoms with van der Waals surface area (Å²) in [4.78, 5) is 21.6. The van der Waals surface area contributed by atoms with Gasteiger partial charge in [-0.2, -0.15) is 0 Å². The lowest BCUT2D eigenvalue weighted by atomic mass is 9.99. The molecular formula is C29H34ClN7O. The average Bonchev–Trinajstić information content (AvgIpc) is 3.59. The van der Waals surface area contributed by atoms with Crippen molar-refractivity contribution in [1.82, 2.24) is 30.1 Å². The molecule has 1 aliphatic carbocycles. The van der Waals surface area contributed by atoms with Crippen molar-refractivity contribution in [2.75, 3.05) is 31.1 Å². The maximum Gasteiger partial charge on any atom is 0.253 e. The lowest BCUT2D eigenvalue weighted by Gasteiger charge is -2.40. The maximum absolute atomic E-state index is 13.7. The Labute approximate surface area is 227 Å². The van der Waals surface area contributed by atoms with Crippen molar-refractivity contribution in [2.45, 2.75) is 58.5 Å². The molecule has 2 aromatic heterocycles. The number of hydrogen-bond acceptors (Lipinski definition) is 6. The van der Waals surface area contributed by atoms with E-state index in [-0.39, 0.29) is 17.6 Å². The number of piperazine rings is 1. The molecule has 1 saturated heterocycles. The topological polar surface area (TPSA) is 82.9 Å². The Morgan fingerprint density at radius 2 is 1.74 bits per heavy atom. The number of pyridine rings is 1. The fourth-order valence-corrected chi connectivity index (χ4v) is 6.49. The quantitative estimate of drug-likeness (QED) is 0.385. The number of H-pyrrole nitrogens is 1. The van der Waals surface area contributed by atoms with Crippen molar-refractivity contribution in [3.8, 4) is 0 Å². The van der Waals surface area contributed by atoms with Gasteiger partial charge in [0, 0.05) is 53.4 Å². The molecule has 0 amide bonds. The molecule has 6 rings (SSSR count). The minimum absolute atomic E-state index is 0.0819. The zero-order valence-corrected chi connectivity index (χ0v) is 23.0. The molecule has 0 radical (unpaired) electrons. The van der Waals surface area contributed by atoms with E-state index in [9.17, 15) is 4.79 Å². The van der Waals surface area contributed by atoms with E-state index in [1.54, 1.807) is 0 Å². The molecule has 8 nitrogen and oxygen atoms in total. The number of aryl methyl sites for hydroxylation is 3.